The van der Waals surface area contributed by atoms with Crippen LogP contribution in [0, 0.1) is 0 Å². The third-order valence-electron chi connectivity index (χ3n) is 2.85. The van der Waals surface area contributed by atoms with Crippen molar-refractivity contribution in [1.82, 2.24) is 0 Å². The predicted octanol–water partition coefficient (Wildman–Crippen LogP) is 7.01. The van der Waals surface area contributed by atoms with Crippen LogP contribution in [0.1, 0.15) is 11.1 Å². The summed E-state index contributed by atoms with van der Waals surface area (Å²) in [6, 6.07) is 6.37. The summed E-state index contributed by atoms with van der Waals surface area (Å²) in [6.45, 7) is -0.249. The topological polar surface area (TPSA) is 19.9 Å². The maximum Gasteiger partial charge on any atom is 0.226 e. The lowest BCUT2D eigenvalue weighted by molar-refractivity contribution is 0.197. The highest BCUT2D eigenvalue weighted by molar-refractivity contribution is 6.80. The Bertz CT molecular complexity index is 504. The zero-order valence-electron chi connectivity index (χ0n) is 10.5. The standard InChI is InChI=1S/C12H8Cl9O/c13-9(14,8-3-1-7(2-4-8)5-6-22)10(15,16)11(17,18)12(19,20)21/h1-4H,5-6H2. The molecule has 0 atom stereocenters. The first-order chi connectivity index (χ1) is 9.79. The lowest BCUT2D eigenvalue weighted by atomic mass is 10.0. The van der Waals surface area contributed by atoms with E-state index in [-0.39, 0.29) is 12.2 Å². The van der Waals surface area contributed by atoms with Gasteiger partial charge in [-0.3, -0.25) is 0 Å². The molecule has 1 radical (unpaired) electrons. The fourth-order valence-electron chi connectivity index (χ4n) is 1.56. The average Bonchev–Trinajstić information content (AvgIpc) is 2.38. The van der Waals surface area contributed by atoms with Crippen molar-refractivity contribution < 1.29 is 5.11 Å². The van der Waals surface area contributed by atoms with E-state index in [1.807, 2.05) is 0 Å². The first-order valence-electron chi connectivity index (χ1n) is 5.66. The van der Waals surface area contributed by atoms with E-state index in [1.54, 1.807) is 12.1 Å². The summed E-state index contributed by atoms with van der Waals surface area (Å²) >= 11 is 54.1. The number of alkyl halides is 9. The van der Waals surface area contributed by atoms with Gasteiger partial charge in [-0.25, -0.2) is 5.11 Å². The van der Waals surface area contributed by atoms with Gasteiger partial charge in [-0.2, -0.15) is 0 Å². The summed E-state index contributed by atoms with van der Waals surface area (Å²) in [5, 5.41) is 10.6. The van der Waals surface area contributed by atoms with Crippen molar-refractivity contribution in [3.05, 3.63) is 35.4 Å². The molecule has 0 saturated carbocycles. The molecule has 0 aromatic heterocycles. The average molecular weight is 487 g/mol. The molecule has 0 heterocycles. The molecule has 1 aromatic carbocycles. The van der Waals surface area contributed by atoms with Crippen molar-refractivity contribution in [2.45, 2.75) is 23.2 Å². The SMILES string of the molecule is [O]CCc1ccc(C(Cl)(Cl)C(Cl)(Cl)C(Cl)(Cl)C(Cl)(Cl)Cl)cc1. The first-order valence-corrected chi connectivity index (χ1v) is 9.07. The van der Waals surface area contributed by atoms with Crippen LogP contribution in [-0.2, 0) is 15.9 Å². The van der Waals surface area contributed by atoms with Gasteiger partial charge in [0.1, 0.15) is 0 Å². The Morgan fingerprint density at radius 1 is 0.727 bits per heavy atom. The van der Waals surface area contributed by atoms with Crippen molar-refractivity contribution in [3.63, 3.8) is 0 Å². The maximum atomic E-state index is 10.6. The van der Waals surface area contributed by atoms with Crippen LogP contribution in [-0.4, -0.2) is 19.1 Å². The fraction of sp³-hybridized carbons (Fsp3) is 0.500. The quantitative estimate of drug-likeness (QED) is 0.399. The Morgan fingerprint density at radius 2 is 1.18 bits per heavy atom. The second-order valence-corrected chi connectivity index (χ2v) is 10.6. The van der Waals surface area contributed by atoms with Gasteiger partial charge in [-0.15, -0.1) is 0 Å². The summed E-state index contributed by atoms with van der Waals surface area (Å²) in [6.07, 6.45) is 0.355. The van der Waals surface area contributed by atoms with E-state index >= 15 is 0 Å². The second kappa shape index (κ2) is 7.58. The molecular weight excluding hydrogens is 479 g/mol. The molecule has 0 bridgehead atoms. The van der Waals surface area contributed by atoms with Crippen molar-refractivity contribution in [2.75, 3.05) is 6.61 Å². The molecule has 0 amide bonds. The molecule has 0 unspecified atom stereocenters. The van der Waals surface area contributed by atoms with Crippen LogP contribution >= 0.6 is 104 Å². The van der Waals surface area contributed by atoms with Crippen LogP contribution in [0.3, 0.4) is 0 Å². The fourth-order valence-corrected chi connectivity index (χ4v) is 3.78. The van der Waals surface area contributed by atoms with E-state index in [1.165, 1.54) is 12.1 Å². The van der Waals surface area contributed by atoms with Gasteiger partial charge >= 0.3 is 0 Å². The van der Waals surface area contributed by atoms with Gasteiger partial charge in [-0.1, -0.05) is 129 Å². The largest absolute Gasteiger partial charge is 0.236 e. The van der Waals surface area contributed by atoms with Gasteiger partial charge in [0.2, 0.25) is 8.13 Å². The summed E-state index contributed by atoms with van der Waals surface area (Å²) in [7, 11) is 0. The van der Waals surface area contributed by atoms with E-state index < -0.39 is 16.8 Å². The molecule has 0 N–H and O–H groups in total. The molecule has 125 valence electrons. The number of hydrogen-bond donors (Lipinski definition) is 0. The number of hydrogen-bond acceptors (Lipinski definition) is 0. The normalized spacial score (nSPS) is 14.3. The lowest BCUT2D eigenvalue weighted by Gasteiger charge is -2.44. The number of benzene rings is 1. The van der Waals surface area contributed by atoms with E-state index in [9.17, 15) is 5.11 Å². The summed E-state index contributed by atoms with van der Waals surface area (Å²) in [5.74, 6) is 0. The molecule has 1 nitrogen and oxygen atoms in total. The Labute approximate surface area is 173 Å². The second-order valence-electron chi connectivity index (χ2n) is 4.37. The van der Waals surface area contributed by atoms with E-state index in [0.717, 1.165) is 5.56 Å². The third kappa shape index (κ3) is 4.12. The number of halogens is 9. The van der Waals surface area contributed by atoms with Gasteiger partial charge in [0, 0.05) is 0 Å². The van der Waals surface area contributed by atoms with Crippen LogP contribution in [0.2, 0.25) is 0 Å². The Morgan fingerprint density at radius 3 is 1.55 bits per heavy atom. The predicted molar refractivity (Wildman–Crippen MR) is 98.2 cm³/mol. The molecule has 0 saturated heterocycles. The number of rotatable bonds is 5. The Hall–Kier alpha value is 1.79. The van der Waals surface area contributed by atoms with Gasteiger partial charge in [0.15, 0.2) is 8.67 Å². The minimum atomic E-state index is -2.33. The highest BCUT2D eigenvalue weighted by Crippen LogP contribution is 2.65. The Kier molecular flexibility index (Phi) is 7.52. The molecule has 10 heteroatoms. The zero-order valence-corrected chi connectivity index (χ0v) is 17.3. The van der Waals surface area contributed by atoms with E-state index in [0.29, 0.717) is 6.42 Å². The minimum absolute atomic E-state index is 0.249. The first kappa shape index (κ1) is 21.8. The van der Waals surface area contributed by atoms with Crippen molar-refractivity contribution >= 4 is 104 Å². The minimum Gasteiger partial charge on any atom is -0.236 e. The molecule has 0 fully saturated rings. The van der Waals surface area contributed by atoms with Crippen LogP contribution < -0.4 is 0 Å². The molecule has 1 rings (SSSR count). The highest BCUT2D eigenvalue weighted by atomic mass is 35.6. The van der Waals surface area contributed by atoms with Gasteiger partial charge < -0.3 is 0 Å². The smallest absolute Gasteiger partial charge is 0.226 e. The Balaban J connectivity index is 3.26. The van der Waals surface area contributed by atoms with Crippen molar-refractivity contribution in [3.8, 4) is 0 Å². The third-order valence-corrected chi connectivity index (χ3v) is 8.33. The molecule has 0 spiro atoms. The van der Waals surface area contributed by atoms with Crippen molar-refractivity contribution in [1.29, 1.82) is 0 Å². The monoisotopic (exact) mass is 483 g/mol. The molecular formula is C12H8Cl9O. The van der Waals surface area contributed by atoms with Gasteiger partial charge in [0.05, 0.1) is 6.61 Å². The molecule has 22 heavy (non-hydrogen) atoms. The molecule has 0 aliphatic carbocycles. The molecule has 0 aliphatic rings. The van der Waals surface area contributed by atoms with Gasteiger partial charge in [0.25, 0.3) is 0 Å². The van der Waals surface area contributed by atoms with Crippen molar-refractivity contribution in [2.24, 2.45) is 0 Å². The van der Waals surface area contributed by atoms with Crippen LogP contribution in [0.15, 0.2) is 24.3 Å². The van der Waals surface area contributed by atoms with E-state index in [2.05, 4.69) is 0 Å². The summed E-state index contributed by atoms with van der Waals surface area (Å²) < 4.78 is -8.88. The van der Waals surface area contributed by atoms with Crippen LogP contribution in [0.25, 0.3) is 0 Å². The lowest BCUT2D eigenvalue weighted by Crippen LogP contribution is -2.54. The summed E-state index contributed by atoms with van der Waals surface area (Å²) in [5.41, 5.74) is 1.07. The zero-order chi connectivity index (χ0) is 17.4. The van der Waals surface area contributed by atoms with Gasteiger partial charge in [-0.05, 0) is 17.5 Å². The van der Waals surface area contributed by atoms with Crippen LogP contribution in [0.4, 0.5) is 0 Å². The maximum absolute atomic E-state index is 10.6. The van der Waals surface area contributed by atoms with E-state index in [4.69, 9.17) is 104 Å². The van der Waals surface area contributed by atoms with Crippen LogP contribution in [0.5, 0.6) is 0 Å². The molecule has 0 aliphatic heterocycles. The highest BCUT2D eigenvalue weighted by Gasteiger charge is 2.68. The molecule has 1 aromatic rings. The summed E-state index contributed by atoms with van der Waals surface area (Å²) in [4.78, 5) is 0.